The highest BCUT2D eigenvalue weighted by Crippen LogP contribution is 2.32. The Hall–Kier alpha value is -2.73. The number of amides is 1. The van der Waals surface area contributed by atoms with Crippen LogP contribution >= 0.6 is 11.6 Å². The first kappa shape index (κ1) is 16.7. The second-order valence-electron chi connectivity index (χ2n) is 6.31. The van der Waals surface area contributed by atoms with E-state index in [-0.39, 0.29) is 24.1 Å². The van der Waals surface area contributed by atoms with Crippen LogP contribution in [0.5, 0.6) is 0 Å². The van der Waals surface area contributed by atoms with Crippen LogP contribution in [0.2, 0.25) is 5.02 Å². The number of rotatable bonds is 3. The molecule has 1 fully saturated rings. The monoisotopic (exact) mass is 371 g/mol. The average Bonchev–Trinajstić information content (AvgIpc) is 3.24. The minimum absolute atomic E-state index is 0.0462. The van der Waals surface area contributed by atoms with Gasteiger partial charge in [0, 0.05) is 35.2 Å². The van der Waals surface area contributed by atoms with E-state index in [1.54, 1.807) is 42.2 Å². The molecule has 0 bridgehead atoms. The first-order chi connectivity index (χ1) is 12.5. The SMILES string of the molecule is Cc1cc(N2CC(c3noc(-c4cccc(Cl)c4)n3)CC2=O)ccc1F. The van der Waals surface area contributed by atoms with Crippen molar-refractivity contribution >= 4 is 23.2 Å². The number of carbonyl (C=O) groups excluding carboxylic acids is 1. The lowest BCUT2D eigenvalue weighted by Gasteiger charge is -2.16. The zero-order valence-electron chi connectivity index (χ0n) is 13.9. The quantitative estimate of drug-likeness (QED) is 0.686. The molecule has 0 spiro atoms. The lowest BCUT2D eigenvalue weighted by Crippen LogP contribution is -2.24. The van der Waals surface area contributed by atoms with Crippen molar-refractivity contribution in [2.24, 2.45) is 0 Å². The van der Waals surface area contributed by atoms with Crippen molar-refractivity contribution in [1.82, 2.24) is 10.1 Å². The van der Waals surface area contributed by atoms with E-state index < -0.39 is 0 Å². The summed E-state index contributed by atoms with van der Waals surface area (Å²) in [6.45, 7) is 2.10. The third-order valence-corrected chi connectivity index (χ3v) is 4.69. The highest BCUT2D eigenvalue weighted by atomic mass is 35.5. The number of hydrogen-bond acceptors (Lipinski definition) is 4. The Bertz CT molecular complexity index is 988. The van der Waals surface area contributed by atoms with Gasteiger partial charge in [-0.2, -0.15) is 4.98 Å². The van der Waals surface area contributed by atoms with Gasteiger partial charge in [-0.1, -0.05) is 22.8 Å². The second kappa shape index (κ2) is 6.53. The van der Waals surface area contributed by atoms with E-state index in [9.17, 15) is 9.18 Å². The number of hydrogen-bond donors (Lipinski definition) is 0. The van der Waals surface area contributed by atoms with Crippen LogP contribution in [0.4, 0.5) is 10.1 Å². The smallest absolute Gasteiger partial charge is 0.257 e. The van der Waals surface area contributed by atoms with Gasteiger partial charge in [0.1, 0.15) is 5.82 Å². The predicted molar refractivity (Wildman–Crippen MR) is 95.6 cm³/mol. The molecule has 4 rings (SSSR count). The average molecular weight is 372 g/mol. The molecule has 1 aliphatic rings. The van der Waals surface area contributed by atoms with Gasteiger partial charge in [-0.15, -0.1) is 0 Å². The molecule has 0 N–H and O–H groups in total. The molecule has 132 valence electrons. The number of halogens is 2. The fourth-order valence-corrected chi connectivity index (χ4v) is 3.26. The van der Waals surface area contributed by atoms with E-state index in [4.69, 9.17) is 16.1 Å². The summed E-state index contributed by atoms with van der Waals surface area (Å²) in [4.78, 5) is 18.5. The van der Waals surface area contributed by atoms with Gasteiger partial charge in [0.25, 0.3) is 5.89 Å². The molecule has 2 heterocycles. The largest absolute Gasteiger partial charge is 0.334 e. The van der Waals surface area contributed by atoms with Crippen LogP contribution in [0.1, 0.15) is 23.7 Å². The number of carbonyl (C=O) groups is 1. The molecule has 0 aliphatic carbocycles. The molecular weight excluding hydrogens is 357 g/mol. The van der Waals surface area contributed by atoms with Crippen molar-refractivity contribution < 1.29 is 13.7 Å². The molecule has 0 radical (unpaired) electrons. The van der Waals surface area contributed by atoms with Crippen LogP contribution in [-0.4, -0.2) is 22.6 Å². The molecular formula is C19H15ClFN3O2. The number of aryl methyl sites for hydroxylation is 1. The van der Waals surface area contributed by atoms with Gasteiger partial charge in [0.2, 0.25) is 5.91 Å². The fourth-order valence-electron chi connectivity index (χ4n) is 3.07. The van der Waals surface area contributed by atoms with Crippen molar-refractivity contribution in [3.8, 4) is 11.5 Å². The molecule has 1 unspecified atom stereocenters. The van der Waals surface area contributed by atoms with E-state index in [2.05, 4.69) is 10.1 Å². The van der Waals surface area contributed by atoms with Crippen LogP contribution in [-0.2, 0) is 4.79 Å². The minimum Gasteiger partial charge on any atom is -0.334 e. The van der Waals surface area contributed by atoms with Crippen LogP contribution in [0.25, 0.3) is 11.5 Å². The highest BCUT2D eigenvalue weighted by Gasteiger charge is 2.34. The van der Waals surface area contributed by atoms with Gasteiger partial charge in [-0.3, -0.25) is 4.79 Å². The summed E-state index contributed by atoms with van der Waals surface area (Å²) in [7, 11) is 0. The Morgan fingerprint density at radius 1 is 1.27 bits per heavy atom. The van der Waals surface area contributed by atoms with Crippen LogP contribution in [0, 0.1) is 12.7 Å². The van der Waals surface area contributed by atoms with Crippen molar-refractivity contribution in [1.29, 1.82) is 0 Å². The molecule has 0 saturated carbocycles. The topological polar surface area (TPSA) is 59.2 Å². The van der Waals surface area contributed by atoms with E-state index >= 15 is 0 Å². The summed E-state index contributed by atoms with van der Waals surface area (Å²) >= 11 is 5.99. The molecule has 1 amide bonds. The Labute approximate surface area is 154 Å². The summed E-state index contributed by atoms with van der Waals surface area (Å²) in [5, 5.41) is 4.61. The van der Waals surface area contributed by atoms with E-state index in [1.165, 1.54) is 6.07 Å². The van der Waals surface area contributed by atoms with Crippen molar-refractivity contribution in [3.05, 3.63) is 64.7 Å². The number of anilines is 1. The van der Waals surface area contributed by atoms with Gasteiger partial charge in [0.05, 0.1) is 0 Å². The fraction of sp³-hybridized carbons (Fsp3) is 0.211. The maximum atomic E-state index is 13.5. The first-order valence-electron chi connectivity index (χ1n) is 8.17. The Morgan fingerprint density at radius 2 is 2.12 bits per heavy atom. The van der Waals surface area contributed by atoms with Crippen molar-refractivity contribution in [2.45, 2.75) is 19.3 Å². The lowest BCUT2D eigenvalue weighted by atomic mass is 10.1. The van der Waals surface area contributed by atoms with Gasteiger partial charge in [-0.05, 0) is 48.9 Å². The molecule has 7 heteroatoms. The van der Waals surface area contributed by atoms with Gasteiger partial charge in [-0.25, -0.2) is 4.39 Å². The van der Waals surface area contributed by atoms with Crippen LogP contribution < -0.4 is 4.90 Å². The summed E-state index contributed by atoms with van der Waals surface area (Å²) in [5.74, 6) is 0.335. The van der Waals surface area contributed by atoms with Crippen LogP contribution in [0.3, 0.4) is 0 Å². The molecule has 3 aromatic rings. The standard InChI is InChI=1S/C19H15ClFN3O2/c1-11-7-15(5-6-16(11)21)24-10-13(9-17(24)25)18-22-19(26-23-18)12-3-2-4-14(20)8-12/h2-8,13H,9-10H2,1H3. The Balaban J connectivity index is 1.56. The summed E-state index contributed by atoms with van der Waals surface area (Å²) < 4.78 is 18.8. The molecule has 2 aromatic carbocycles. The second-order valence-corrected chi connectivity index (χ2v) is 6.74. The maximum Gasteiger partial charge on any atom is 0.257 e. The number of nitrogens with zero attached hydrogens (tertiary/aromatic N) is 3. The van der Waals surface area contributed by atoms with E-state index in [1.807, 2.05) is 6.07 Å². The first-order valence-corrected chi connectivity index (χ1v) is 8.55. The molecule has 5 nitrogen and oxygen atoms in total. The summed E-state index contributed by atoms with van der Waals surface area (Å²) in [6, 6.07) is 11.8. The normalized spacial score (nSPS) is 17.1. The molecule has 1 saturated heterocycles. The highest BCUT2D eigenvalue weighted by molar-refractivity contribution is 6.30. The molecule has 1 aliphatic heterocycles. The minimum atomic E-state index is -0.290. The Morgan fingerprint density at radius 3 is 2.88 bits per heavy atom. The van der Waals surface area contributed by atoms with E-state index in [0.717, 1.165) is 5.56 Å². The van der Waals surface area contributed by atoms with Crippen molar-refractivity contribution in [2.75, 3.05) is 11.4 Å². The number of aromatic nitrogens is 2. The molecule has 1 aromatic heterocycles. The van der Waals surface area contributed by atoms with Gasteiger partial charge in [0.15, 0.2) is 5.82 Å². The van der Waals surface area contributed by atoms with Crippen molar-refractivity contribution in [3.63, 3.8) is 0 Å². The third kappa shape index (κ3) is 3.08. The molecule has 1 atom stereocenters. The third-order valence-electron chi connectivity index (χ3n) is 4.46. The van der Waals surface area contributed by atoms with Crippen LogP contribution in [0.15, 0.2) is 47.0 Å². The maximum absolute atomic E-state index is 13.5. The molecule has 26 heavy (non-hydrogen) atoms. The van der Waals surface area contributed by atoms with Gasteiger partial charge < -0.3 is 9.42 Å². The zero-order valence-corrected chi connectivity index (χ0v) is 14.7. The van der Waals surface area contributed by atoms with E-state index in [0.29, 0.717) is 34.5 Å². The summed E-state index contributed by atoms with van der Waals surface area (Å²) in [5.41, 5.74) is 1.91. The number of benzene rings is 2. The lowest BCUT2D eigenvalue weighted by molar-refractivity contribution is -0.117. The van der Waals surface area contributed by atoms with Gasteiger partial charge >= 0.3 is 0 Å². The Kier molecular flexibility index (Phi) is 4.20. The predicted octanol–water partition coefficient (Wildman–Crippen LogP) is 4.36. The summed E-state index contributed by atoms with van der Waals surface area (Å²) in [6.07, 6.45) is 0.283. The zero-order chi connectivity index (χ0) is 18.3.